The summed E-state index contributed by atoms with van der Waals surface area (Å²) in [6, 6.07) is 11.1. The van der Waals surface area contributed by atoms with Gasteiger partial charge >= 0.3 is 0 Å². The zero-order valence-corrected chi connectivity index (χ0v) is 14.1. The van der Waals surface area contributed by atoms with E-state index in [2.05, 4.69) is 20.2 Å². The van der Waals surface area contributed by atoms with Crippen LogP contribution in [0.2, 0.25) is 0 Å². The summed E-state index contributed by atoms with van der Waals surface area (Å²) in [5.74, 6) is 0.870. The number of pyridine rings is 1. The van der Waals surface area contributed by atoms with Crippen LogP contribution >= 0.6 is 0 Å². The maximum Gasteiger partial charge on any atom is 0.248 e. The van der Waals surface area contributed by atoms with Crippen LogP contribution in [-0.2, 0) is 9.53 Å². The molecule has 0 bridgehead atoms. The summed E-state index contributed by atoms with van der Waals surface area (Å²) in [4.78, 5) is 23.1. The van der Waals surface area contributed by atoms with Gasteiger partial charge in [-0.1, -0.05) is 12.1 Å². The average Bonchev–Trinajstić information content (AvgIpc) is 3.11. The molecule has 0 spiro atoms. The Bertz CT molecular complexity index is 912. The van der Waals surface area contributed by atoms with E-state index in [-0.39, 0.29) is 5.91 Å². The Hall–Kier alpha value is -3.19. The topological polar surface area (TPSA) is 80.5 Å². The van der Waals surface area contributed by atoms with Gasteiger partial charge in [-0.2, -0.15) is 0 Å². The summed E-state index contributed by atoms with van der Waals surface area (Å²) in [6.45, 7) is 2.81. The van der Waals surface area contributed by atoms with Crippen LogP contribution in [0, 0.1) is 0 Å². The molecule has 1 saturated heterocycles. The van der Waals surface area contributed by atoms with Crippen LogP contribution in [0.4, 0.5) is 11.5 Å². The first-order chi connectivity index (χ1) is 12.8. The van der Waals surface area contributed by atoms with Crippen molar-refractivity contribution in [2.24, 2.45) is 0 Å². The van der Waals surface area contributed by atoms with Crippen LogP contribution in [0.25, 0.3) is 17.2 Å². The molecule has 7 nitrogen and oxygen atoms in total. The van der Waals surface area contributed by atoms with Crippen molar-refractivity contribution < 1.29 is 13.9 Å². The number of aromatic nitrogens is 2. The summed E-state index contributed by atoms with van der Waals surface area (Å²) < 4.78 is 10.9. The monoisotopic (exact) mass is 350 g/mol. The van der Waals surface area contributed by atoms with Crippen molar-refractivity contribution in [1.29, 1.82) is 0 Å². The fraction of sp³-hybridized carbons (Fsp3) is 0.211. The Morgan fingerprint density at radius 2 is 2.00 bits per heavy atom. The average molecular weight is 350 g/mol. The number of morpholine rings is 1. The molecule has 1 aliphatic rings. The minimum Gasteiger partial charge on any atom is -0.437 e. The molecular formula is C19H18N4O3. The summed E-state index contributed by atoms with van der Waals surface area (Å²) in [6.07, 6.45) is 4.68. The van der Waals surface area contributed by atoms with E-state index in [0.29, 0.717) is 30.4 Å². The first-order valence-corrected chi connectivity index (χ1v) is 8.42. The Balaban J connectivity index is 1.47. The number of nitrogens with zero attached hydrogens (tertiary/aromatic N) is 3. The number of fused-ring (bicyclic) bond motifs is 1. The SMILES string of the molecule is O=C(C=Cc1nc2ccccc2o1)Nc1cccnc1N1CCOCC1. The summed E-state index contributed by atoms with van der Waals surface area (Å²) in [5.41, 5.74) is 2.12. The van der Waals surface area contributed by atoms with Gasteiger partial charge in [-0.25, -0.2) is 9.97 Å². The predicted molar refractivity (Wildman–Crippen MR) is 98.9 cm³/mol. The highest BCUT2D eigenvalue weighted by molar-refractivity contribution is 6.03. The number of rotatable bonds is 4. The Labute approximate surface area is 150 Å². The second kappa shape index (κ2) is 7.37. The van der Waals surface area contributed by atoms with Crippen molar-refractivity contribution in [3.63, 3.8) is 0 Å². The minimum atomic E-state index is -0.269. The zero-order valence-electron chi connectivity index (χ0n) is 14.1. The number of amides is 1. The van der Waals surface area contributed by atoms with E-state index >= 15 is 0 Å². The number of nitrogens with one attached hydrogen (secondary N) is 1. The molecule has 0 radical (unpaired) electrons. The molecule has 1 aromatic carbocycles. The molecule has 132 valence electrons. The van der Waals surface area contributed by atoms with E-state index in [1.54, 1.807) is 18.3 Å². The highest BCUT2D eigenvalue weighted by Gasteiger charge is 2.16. The van der Waals surface area contributed by atoms with E-state index in [1.807, 2.05) is 30.3 Å². The third-order valence-electron chi connectivity index (χ3n) is 4.04. The van der Waals surface area contributed by atoms with Crippen molar-refractivity contribution in [1.82, 2.24) is 9.97 Å². The molecule has 7 heteroatoms. The number of hydrogen-bond donors (Lipinski definition) is 1. The number of carbonyl (C=O) groups is 1. The Morgan fingerprint density at radius 3 is 2.85 bits per heavy atom. The second-order valence-electron chi connectivity index (χ2n) is 5.82. The number of anilines is 2. The molecule has 26 heavy (non-hydrogen) atoms. The molecular weight excluding hydrogens is 332 g/mol. The molecule has 0 saturated carbocycles. The van der Waals surface area contributed by atoms with Gasteiger partial charge in [0.1, 0.15) is 5.52 Å². The van der Waals surface area contributed by atoms with Gasteiger partial charge < -0.3 is 19.4 Å². The van der Waals surface area contributed by atoms with E-state index in [1.165, 1.54) is 6.08 Å². The van der Waals surface area contributed by atoms with Crippen molar-refractivity contribution in [2.75, 3.05) is 36.5 Å². The molecule has 1 N–H and O–H groups in total. The first-order valence-electron chi connectivity index (χ1n) is 8.42. The van der Waals surface area contributed by atoms with E-state index in [9.17, 15) is 4.79 Å². The smallest absolute Gasteiger partial charge is 0.248 e. The standard InChI is InChI=1S/C19H18N4O3/c24-17(7-8-18-22-14-4-1-2-6-16(14)26-18)21-15-5-3-9-20-19(15)23-10-12-25-13-11-23/h1-9H,10-13H2,(H,21,24). The summed E-state index contributed by atoms with van der Waals surface area (Å²) >= 11 is 0. The van der Waals surface area contributed by atoms with Crippen molar-refractivity contribution >= 4 is 34.6 Å². The molecule has 0 unspecified atom stereocenters. The number of para-hydroxylation sites is 2. The molecule has 1 fully saturated rings. The van der Waals surface area contributed by atoms with Gasteiger partial charge in [0.05, 0.1) is 18.9 Å². The van der Waals surface area contributed by atoms with Gasteiger partial charge in [0, 0.05) is 31.4 Å². The quantitative estimate of drug-likeness (QED) is 0.729. The molecule has 3 aromatic rings. The minimum absolute atomic E-state index is 0.269. The van der Waals surface area contributed by atoms with Crippen LogP contribution in [0.3, 0.4) is 0 Å². The van der Waals surface area contributed by atoms with E-state index in [0.717, 1.165) is 24.4 Å². The van der Waals surface area contributed by atoms with Crippen LogP contribution in [0.5, 0.6) is 0 Å². The maximum absolute atomic E-state index is 12.3. The summed E-state index contributed by atoms with van der Waals surface area (Å²) in [7, 11) is 0. The lowest BCUT2D eigenvalue weighted by Crippen LogP contribution is -2.37. The zero-order chi connectivity index (χ0) is 17.8. The normalized spacial score (nSPS) is 14.8. The van der Waals surface area contributed by atoms with Crippen LogP contribution in [-0.4, -0.2) is 42.2 Å². The first kappa shape index (κ1) is 16.3. The second-order valence-corrected chi connectivity index (χ2v) is 5.82. The predicted octanol–water partition coefficient (Wildman–Crippen LogP) is 2.71. The van der Waals surface area contributed by atoms with Gasteiger partial charge in [-0.15, -0.1) is 0 Å². The fourth-order valence-corrected chi connectivity index (χ4v) is 2.80. The van der Waals surface area contributed by atoms with Gasteiger partial charge in [0.15, 0.2) is 11.4 Å². The highest BCUT2D eigenvalue weighted by atomic mass is 16.5. The number of carbonyl (C=O) groups excluding carboxylic acids is 1. The largest absolute Gasteiger partial charge is 0.437 e. The number of ether oxygens (including phenoxy) is 1. The van der Waals surface area contributed by atoms with Crippen molar-refractivity contribution in [3.05, 3.63) is 54.6 Å². The van der Waals surface area contributed by atoms with Gasteiger partial charge in [0.2, 0.25) is 11.8 Å². The Morgan fingerprint density at radius 1 is 1.15 bits per heavy atom. The molecule has 2 aromatic heterocycles. The number of oxazole rings is 1. The van der Waals surface area contributed by atoms with Gasteiger partial charge in [0.25, 0.3) is 0 Å². The van der Waals surface area contributed by atoms with Crippen molar-refractivity contribution in [2.45, 2.75) is 0 Å². The molecule has 4 rings (SSSR count). The molecule has 1 amide bonds. The molecule has 0 aliphatic carbocycles. The van der Waals surface area contributed by atoms with Crippen LogP contribution in [0.15, 0.2) is 53.1 Å². The highest BCUT2D eigenvalue weighted by Crippen LogP contribution is 2.23. The lowest BCUT2D eigenvalue weighted by molar-refractivity contribution is -0.111. The fourth-order valence-electron chi connectivity index (χ4n) is 2.80. The molecule has 3 heterocycles. The van der Waals surface area contributed by atoms with Crippen LogP contribution < -0.4 is 10.2 Å². The lowest BCUT2D eigenvalue weighted by Gasteiger charge is -2.29. The summed E-state index contributed by atoms with van der Waals surface area (Å²) in [5, 5.41) is 2.87. The van der Waals surface area contributed by atoms with E-state index in [4.69, 9.17) is 9.15 Å². The van der Waals surface area contributed by atoms with E-state index < -0.39 is 0 Å². The molecule has 1 aliphatic heterocycles. The van der Waals surface area contributed by atoms with Crippen LogP contribution in [0.1, 0.15) is 5.89 Å². The van der Waals surface area contributed by atoms with Gasteiger partial charge in [-0.3, -0.25) is 4.79 Å². The third-order valence-corrected chi connectivity index (χ3v) is 4.04. The molecule has 0 atom stereocenters. The number of hydrogen-bond acceptors (Lipinski definition) is 6. The van der Waals surface area contributed by atoms with Gasteiger partial charge in [-0.05, 0) is 24.3 Å². The van der Waals surface area contributed by atoms with Crippen molar-refractivity contribution in [3.8, 4) is 0 Å². The Kier molecular flexibility index (Phi) is 4.61. The lowest BCUT2D eigenvalue weighted by atomic mass is 10.3. The third kappa shape index (κ3) is 3.57. The number of benzene rings is 1. The maximum atomic E-state index is 12.3.